The van der Waals surface area contributed by atoms with Crippen LogP contribution in [0.1, 0.15) is 39.0 Å². The average molecular weight is 215 g/mol. The van der Waals surface area contributed by atoms with Crippen molar-refractivity contribution in [3.8, 4) is 0 Å². The normalized spacial score (nSPS) is 27.3. The molecule has 14 heavy (non-hydrogen) atoms. The molecule has 0 aromatic carbocycles. The fraction of sp³-hybridized carbons (Fsp3) is 0.636. The van der Waals surface area contributed by atoms with Gasteiger partial charge < -0.3 is 4.79 Å². The molecule has 1 unspecified atom stereocenters. The number of ketones is 1. The predicted molar refractivity (Wildman–Crippen MR) is 56.2 cm³/mol. The van der Waals surface area contributed by atoms with Crippen LogP contribution in [0.5, 0.6) is 0 Å². The first kappa shape index (κ1) is 11.4. The number of allylic oxidation sites excluding steroid dienone is 2. The van der Waals surface area contributed by atoms with E-state index in [0.29, 0.717) is 19.3 Å². The van der Waals surface area contributed by atoms with Crippen LogP contribution in [-0.2, 0) is 9.59 Å². The lowest BCUT2D eigenvalue weighted by Gasteiger charge is -2.28. The first-order chi connectivity index (χ1) is 6.58. The smallest absolute Gasteiger partial charge is 0.142 e. The Morgan fingerprint density at radius 1 is 1.57 bits per heavy atom. The number of rotatable bonds is 4. The lowest BCUT2D eigenvalue weighted by Crippen LogP contribution is -2.28. The maximum atomic E-state index is 11.7. The van der Waals surface area contributed by atoms with Crippen molar-refractivity contribution in [2.75, 3.05) is 0 Å². The van der Waals surface area contributed by atoms with Gasteiger partial charge in [0.1, 0.15) is 12.1 Å². The number of carbonyl (C=O) groups is 2. The van der Waals surface area contributed by atoms with E-state index in [9.17, 15) is 9.59 Å². The molecule has 0 amide bonds. The van der Waals surface area contributed by atoms with E-state index in [1.807, 2.05) is 13.0 Å². The van der Waals surface area contributed by atoms with E-state index in [0.717, 1.165) is 24.2 Å². The maximum Gasteiger partial charge on any atom is 0.142 e. The van der Waals surface area contributed by atoms with Gasteiger partial charge in [0.2, 0.25) is 0 Å². The third-order valence-electron chi connectivity index (χ3n) is 2.72. The predicted octanol–water partition coefficient (Wildman–Crippen LogP) is 2.85. The van der Waals surface area contributed by atoms with Gasteiger partial charge in [0.15, 0.2) is 0 Å². The third-order valence-corrected chi connectivity index (χ3v) is 3.02. The van der Waals surface area contributed by atoms with Gasteiger partial charge in [0.05, 0.1) is 0 Å². The van der Waals surface area contributed by atoms with E-state index >= 15 is 0 Å². The van der Waals surface area contributed by atoms with E-state index in [-0.39, 0.29) is 5.78 Å². The van der Waals surface area contributed by atoms with Crippen LogP contribution < -0.4 is 0 Å². The Morgan fingerprint density at radius 2 is 2.29 bits per heavy atom. The van der Waals surface area contributed by atoms with Crippen LogP contribution in [0.2, 0.25) is 0 Å². The molecule has 2 nitrogen and oxygen atoms in total. The summed E-state index contributed by atoms with van der Waals surface area (Å²) in [5.74, 6) is 0.243. The molecular weight excluding hydrogens is 200 g/mol. The zero-order valence-corrected chi connectivity index (χ0v) is 9.14. The minimum absolute atomic E-state index is 0.243. The number of unbranched alkanes of at least 4 members (excludes halogenated alkanes) is 1. The molecule has 0 aliphatic heterocycles. The highest BCUT2D eigenvalue weighted by Gasteiger charge is 2.32. The summed E-state index contributed by atoms with van der Waals surface area (Å²) in [5, 5.41) is 0.776. The molecule has 0 radical (unpaired) electrons. The Hall–Kier alpha value is -0.630. The van der Waals surface area contributed by atoms with E-state index in [2.05, 4.69) is 0 Å². The maximum absolute atomic E-state index is 11.7. The molecule has 0 heterocycles. The molecule has 0 bridgehead atoms. The van der Waals surface area contributed by atoms with Crippen LogP contribution in [0, 0.1) is 5.41 Å². The summed E-state index contributed by atoms with van der Waals surface area (Å²) >= 11 is 5.92. The number of aldehydes is 1. The minimum atomic E-state index is -0.432. The van der Waals surface area contributed by atoms with Gasteiger partial charge in [-0.1, -0.05) is 17.7 Å². The number of Topliss-reactive ketones (excluding diaryl/α,β-unsaturated/α-hetero) is 1. The SMILES string of the molecule is CC1(CCCC=O)C=C(Cl)CCC1=O. The van der Waals surface area contributed by atoms with Gasteiger partial charge in [-0.15, -0.1) is 0 Å². The summed E-state index contributed by atoms with van der Waals surface area (Å²) < 4.78 is 0. The van der Waals surface area contributed by atoms with E-state index < -0.39 is 5.41 Å². The summed E-state index contributed by atoms with van der Waals surface area (Å²) in [6.45, 7) is 1.90. The zero-order chi connectivity index (χ0) is 10.6. The van der Waals surface area contributed by atoms with Crippen molar-refractivity contribution < 1.29 is 9.59 Å². The summed E-state index contributed by atoms with van der Waals surface area (Å²) in [6.07, 6.45) is 5.95. The van der Waals surface area contributed by atoms with E-state index in [4.69, 9.17) is 11.6 Å². The highest BCUT2D eigenvalue weighted by Crippen LogP contribution is 2.36. The lowest BCUT2D eigenvalue weighted by atomic mass is 9.76. The molecule has 0 N–H and O–H groups in total. The van der Waals surface area contributed by atoms with Crippen molar-refractivity contribution in [3.05, 3.63) is 11.1 Å². The van der Waals surface area contributed by atoms with Gasteiger partial charge >= 0.3 is 0 Å². The fourth-order valence-corrected chi connectivity index (χ4v) is 2.12. The quantitative estimate of drug-likeness (QED) is 0.533. The van der Waals surface area contributed by atoms with Gasteiger partial charge in [-0.3, -0.25) is 4.79 Å². The first-order valence-electron chi connectivity index (χ1n) is 4.93. The molecule has 78 valence electrons. The summed E-state index contributed by atoms with van der Waals surface area (Å²) in [5.41, 5.74) is -0.432. The minimum Gasteiger partial charge on any atom is -0.303 e. The summed E-state index contributed by atoms with van der Waals surface area (Å²) in [6, 6.07) is 0. The number of halogens is 1. The topological polar surface area (TPSA) is 34.1 Å². The Kier molecular flexibility index (Phi) is 3.87. The van der Waals surface area contributed by atoms with Crippen LogP contribution in [0.25, 0.3) is 0 Å². The monoisotopic (exact) mass is 214 g/mol. The van der Waals surface area contributed by atoms with Crippen LogP contribution in [0.3, 0.4) is 0 Å². The zero-order valence-electron chi connectivity index (χ0n) is 8.38. The van der Waals surface area contributed by atoms with Crippen molar-refractivity contribution in [1.82, 2.24) is 0 Å². The van der Waals surface area contributed by atoms with Gasteiger partial charge in [0.25, 0.3) is 0 Å². The third kappa shape index (κ3) is 2.68. The second-order valence-electron chi connectivity index (χ2n) is 3.99. The number of hydrogen-bond acceptors (Lipinski definition) is 2. The van der Waals surface area contributed by atoms with Crippen molar-refractivity contribution in [3.63, 3.8) is 0 Å². The fourth-order valence-electron chi connectivity index (χ4n) is 1.78. The molecule has 1 aliphatic rings. The Balaban J connectivity index is 2.64. The van der Waals surface area contributed by atoms with Gasteiger partial charge in [-0.2, -0.15) is 0 Å². The first-order valence-corrected chi connectivity index (χ1v) is 5.30. The molecule has 0 spiro atoms. The van der Waals surface area contributed by atoms with Gasteiger partial charge in [-0.25, -0.2) is 0 Å². The lowest BCUT2D eigenvalue weighted by molar-refractivity contribution is -0.126. The molecule has 0 saturated carbocycles. The largest absolute Gasteiger partial charge is 0.303 e. The van der Waals surface area contributed by atoms with Crippen LogP contribution in [0.4, 0.5) is 0 Å². The molecule has 1 aliphatic carbocycles. The molecule has 0 saturated heterocycles. The van der Waals surface area contributed by atoms with Gasteiger partial charge in [0, 0.05) is 23.3 Å². The van der Waals surface area contributed by atoms with Crippen molar-refractivity contribution in [2.45, 2.75) is 39.0 Å². The van der Waals surface area contributed by atoms with E-state index in [1.54, 1.807) is 0 Å². The Labute approximate surface area is 89.3 Å². The second kappa shape index (κ2) is 4.74. The number of hydrogen-bond donors (Lipinski definition) is 0. The van der Waals surface area contributed by atoms with E-state index in [1.165, 1.54) is 0 Å². The summed E-state index contributed by atoms with van der Waals surface area (Å²) in [7, 11) is 0. The molecule has 0 aromatic rings. The number of carbonyl (C=O) groups excluding carboxylic acids is 2. The summed E-state index contributed by atoms with van der Waals surface area (Å²) in [4.78, 5) is 21.8. The average Bonchev–Trinajstić information content (AvgIpc) is 2.13. The second-order valence-corrected chi connectivity index (χ2v) is 4.48. The molecular formula is C11H15ClO2. The molecule has 0 fully saturated rings. The molecule has 0 aromatic heterocycles. The molecule has 3 heteroatoms. The van der Waals surface area contributed by atoms with Crippen molar-refractivity contribution in [1.29, 1.82) is 0 Å². The Bertz CT molecular complexity index is 270. The molecule has 1 atom stereocenters. The molecule has 1 rings (SSSR count). The Morgan fingerprint density at radius 3 is 2.93 bits per heavy atom. The highest BCUT2D eigenvalue weighted by atomic mass is 35.5. The standard InChI is InChI=1S/C11H15ClO2/c1-11(6-2-3-7-13)8-9(12)4-5-10(11)14/h7-8H,2-6H2,1H3. The van der Waals surface area contributed by atoms with Crippen molar-refractivity contribution in [2.24, 2.45) is 5.41 Å². The van der Waals surface area contributed by atoms with Crippen molar-refractivity contribution >= 4 is 23.7 Å². The highest BCUT2D eigenvalue weighted by molar-refractivity contribution is 6.30. The van der Waals surface area contributed by atoms with Gasteiger partial charge in [-0.05, 0) is 26.2 Å². The van der Waals surface area contributed by atoms with Crippen LogP contribution in [-0.4, -0.2) is 12.1 Å². The van der Waals surface area contributed by atoms with Crippen LogP contribution in [0.15, 0.2) is 11.1 Å². The van der Waals surface area contributed by atoms with Crippen LogP contribution >= 0.6 is 11.6 Å².